The molecule has 116 valence electrons. The Morgan fingerprint density at radius 2 is 2.00 bits per heavy atom. The molecule has 0 radical (unpaired) electrons. The number of aromatic nitrogens is 2. The van der Waals surface area contributed by atoms with Crippen molar-refractivity contribution in [3.05, 3.63) is 41.3 Å². The van der Waals surface area contributed by atoms with E-state index in [1.54, 1.807) is 0 Å². The zero-order valence-corrected chi connectivity index (χ0v) is 12.8. The molecule has 22 heavy (non-hydrogen) atoms. The van der Waals surface area contributed by atoms with Crippen LogP contribution in [0.4, 0.5) is 21.8 Å². The molecule has 1 aliphatic heterocycles. The molecular formula is C16H19FN4O. The van der Waals surface area contributed by atoms with Gasteiger partial charge in [-0.15, -0.1) is 0 Å². The quantitative estimate of drug-likeness (QED) is 0.945. The number of halogens is 1. The van der Waals surface area contributed by atoms with Gasteiger partial charge in [0.15, 0.2) is 11.6 Å². The highest BCUT2D eigenvalue weighted by atomic mass is 19.1. The number of hydrogen-bond acceptors (Lipinski definition) is 5. The summed E-state index contributed by atoms with van der Waals surface area (Å²) >= 11 is 0. The van der Waals surface area contributed by atoms with Crippen LogP contribution < -0.4 is 10.2 Å². The fourth-order valence-electron chi connectivity index (χ4n) is 2.49. The van der Waals surface area contributed by atoms with Crippen molar-refractivity contribution in [2.75, 3.05) is 36.5 Å². The van der Waals surface area contributed by atoms with Crippen LogP contribution in [-0.2, 0) is 4.74 Å². The Kier molecular flexibility index (Phi) is 4.20. The second-order valence-electron chi connectivity index (χ2n) is 5.41. The van der Waals surface area contributed by atoms with Gasteiger partial charge in [-0.1, -0.05) is 17.7 Å². The van der Waals surface area contributed by atoms with Crippen molar-refractivity contribution in [1.29, 1.82) is 0 Å². The molecule has 1 N–H and O–H groups in total. The van der Waals surface area contributed by atoms with E-state index >= 15 is 0 Å². The Morgan fingerprint density at radius 3 is 2.73 bits per heavy atom. The Labute approximate surface area is 129 Å². The van der Waals surface area contributed by atoms with Crippen molar-refractivity contribution < 1.29 is 9.13 Å². The molecule has 0 amide bonds. The number of nitrogens with zero attached hydrogens (tertiary/aromatic N) is 3. The first-order chi connectivity index (χ1) is 10.6. The molecule has 6 heteroatoms. The standard InChI is InChI=1S/C16H19FN4O/c1-11-3-4-14(12(2)9-11)19-16-18-10-13(17)15(20-16)21-5-7-22-8-6-21/h3-4,9-10H,5-8H2,1-2H3,(H,18,19,20). The molecule has 2 aromatic rings. The van der Waals surface area contributed by atoms with Crippen molar-refractivity contribution >= 4 is 17.5 Å². The number of anilines is 3. The zero-order chi connectivity index (χ0) is 15.5. The number of aryl methyl sites for hydroxylation is 2. The topological polar surface area (TPSA) is 50.3 Å². The van der Waals surface area contributed by atoms with Gasteiger partial charge in [-0.3, -0.25) is 0 Å². The van der Waals surface area contributed by atoms with Crippen molar-refractivity contribution in [2.24, 2.45) is 0 Å². The van der Waals surface area contributed by atoms with E-state index in [9.17, 15) is 4.39 Å². The molecule has 0 saturated carbocycles. The SMILES string of the molecule is Cc1ccc(Nc2ncc(F)c(N3CCOCC3)n2)c(C)c1. The van der Waals surface area contributed by atoms with Gasteiger partial charge in [0.05, 0.1) is 19.4 Å². The van der Waals surface area contributed by atoms with Crippen LogP contribution in [0.15, 0.2) is 24.4 Å². The number of morpholine rings is 1. The lowest BCUT2D eigenvalue weighted by Crippen LogP contribution is -2.37. The van der Waals surface area contributed by atoms with Crippen molar-refractivity contribution in [3.8, 4) is 0 Å². The fourth-order valence-corrected chi connectivity index (χ4v) is 2.49. The molecule has 0 atom stereocenters. The molecule has 0 unspecified atom stereocenters. The van der Waals surface area contributed by atoms with Gasteiger partial charge in [0.1, 0.15) is 0 Å². The van der Waals surface area contributed by atoms with Gasteiger partial charge in [-0.05, 0) is 25.5 Å². The summed E-state index contributed by atoms with van der Waals surface area (Å²) in [5.74, 6) is 0.313. The van der Waals surface area contributed by atoms with Gasteiger partial charge in [0.2, 0.25) is 5.95 Å². The minimum absolute atomic E-state index is 0.325. The second-order valence-corrected chi connectivity index (χ2v) is 5.41. The Hall–Kier alpha value is -2.21. The highest BCUT2D eigenvalue weighted by Crippen LogP contribution is 2.23. The minimum atomic E-state index is -0.409. The number of benzene rings is 1. The third kappa shape index (κ3) is 3.17. The molecule has 1 saturated heterocycles. The van der Waals surface area contributed by atoms with Crippen LogP contribution in [0.1, 0.15) is 11.1 Å². The molecule has 5 nitrogen and oxygen atoms in total. The first-order valence-electron chi connectivity index (χ1n) is 7.33. The Morgan fingerprint density at radius 1 is 1.23 bits per heavy atom. The molecule has 1 fully saturated rings. The smallest absolute Gasteiger partial charge is 0.229 e. The van der Waals surface area contributed by atoms with Crippen LogP contribution in [0.5, 0.6) is 0 Å². The molecule has 3 rings (SSSR count). The summed E-state index contributed by atoms with van der Waals surface area (Å²) in [6.07, 6.45) is 1.21. The summed E-state index contributed by atoms with van der Waals surface area (Å²) in [5.41, 5.74) is 3.21. The normalized spacial score (nSPS) is 15.0. The van der Waals surface area contributed by atoms with Gasteiger partial charge in [-0.2, -0.15) is 4.98 Å². The third-order valence-corrected chi connectivity index (χ3v) is 3.66. The maximum absolute atomic E-state index is 14.0. The lowest BCUT2D eigenvalue weighted by molar-refractivity contribution is 0.122. The summed E-state index contributed by atoms with van der Waals surface area (Å²) < 4.78 is 19.3. The van der Waals surface area contributed by atoms with Gasteiger partial charge >= 0.3 is 0 Å². The van der Waals surface area contributed by atoms with Gasteiger partial charge < -0.3 is 15.0 Å². The molecule has 0 bridgehead atoms. The van der Waals surface area contributed by atoms with Crippen LogP contribution >= 0.6 is 0 Å². The average Bonchev–Trinajstić information content (AvgIpc) is 2.52. The summed E-state index contributed by atoms with van der Waals surface area (Å²) in [6, 6.07) is 6.07. The number of hydrogen-bond donors (Lipinski definition) is 1. The fraction of sp³-hybridized carbons (Fsp3) is 0.375. The first-order valence-corrected chi connectivity index (χ1v) is 7.33. The van der Waals surface area contributed by atoms with Gasteiger partial charge in [0.25, 0.3) is 0 Å². The predicted molar refractivity (Wildman–Crippen MR) is 84.2 cm³/mol. The first kappa shape index (κ1) is 14.7. The molecule has 2 heterocycles. The van der Waals surface area contributed by atoms with E-state index in [1.165, 1.54) is 11.8 Å². The molecule has 0 aliphatic carbocycles. The van der Waals surface area contributed by atoms with Crippen molar-refractivity contribution in [2.45, 2.75) is 13.8 Å². The van der Waals surface area contributed by atoms with E-state index in [0.29, 0.717) is 38.1 Å². The van der Waals surface area contributed by atoms with E-state index in [2.05, 4.69) is 21.4 Å². The summed E-state index contributed by atoms with van der Waals surface area (Å²) in [5, 5.41) is 3.16. The predicted octanol–water partition coefficient (Wildman–Crippen LogP) is 2.81. The Balaban J connectivity index is 1.85. The van der Waals surface area contributed by atoms with Gasteiger partial charge in [0, 0.05) is 18.8 Å². The van der Waals surface area contributed by atoms with E-state index < -0.39 is 5.82 Å². The number of nitrogens with one attached hydrogen (secondary N) is 1. The highest BCUT2D eigenvalue weighted by molar-refractivity contribution is 5.60. The van der Waals surface area contributed by atoms with Crippen molar-refractivity contribution in [3.63, 3.8) is 0 Å². The van der Waals surface area contributed by atoms with E-state index in [0.717, 1.165) is 11.3 Å². The second kappa shape index (κ2) is 6.27. The monoisotopic (exact) mass is 302 g/mol. The van der Waals surface area contributed by atoms with Gasteiger partial charge in [-0.25, -0.2) is 9.37 Å². The van der Waals surface area contributed by atoms with Crippen LogP contribution in [-0.4, -0.2) is 36.3 Å². The Bertz CT molecular complexity index is 671. The summed E-state index contributed by atoms with van der Waals surface area (Å²) in [7, 11) is 0. The maximum atomic E-state index is 14.0. The molecular weight excluding hydrogens is 283 g/mol. The molecule has 1 aromatic heterocycles. The van der Waals surface area contributed by atoms with Crippen LogP contribution in [0.25, 0.3) is 0 Å². The van der Waals surface area contributed by atoms with Crippen LogP contribution in [0.3, 0.4) is 0 Å². The van der Waals surface area contributed by atoms with E-state index in [4.69, 9.17) is 4.74 Å². The van der Waals surface area contributed by atoms with Crippen molar-refractivity contribution in [1.82, 2.24) is 9.97 Å². The number of rotatable bonds is 3. The summed E-state index contributed by atoms with van der Waals surface area (Å²) in [4.78, 5) is 10.2. The van der Waals surface area contributed by atoms with E-state index in [1.807, 2.05) is 30.9 Å². The average molecular weight is 302 g/mol. The molecule has 0 spiro atoms. The van der Waals surface area contributed by atoms with Crippen LogP contribution in [0.2, 0.25) is 0 Å². The van der Waals surface area contributed by atoms with Crippen LogP contribution in [0, 0.1) is 19.7 Å². The summed E-state index contributed by atoms with van der Waals surface area (Å²) in [6.45, 7) is 6.50. The van der Waals surface area contributed by atoms with E-state index in [-0.39, 0.29) is 0 Å². The molecule has 1 aliphatic rings. The maximum Gasteiger partial charge on any atom is 0.229 e. The third-order valence-electron chi connectivity index (χ3n) is 3.66. The minimum Gasteiger partial charge on any atom is -0.378 e. The lowest BCUT2D eigenvalue weighted by atomic mass is 10.1. The lowest BCUT2D eigenvalue weighted by Gasteiger charge is -2.28. The largest absolute Gasteiger partial charge is 0.378 e. The molecule has 1 aromatic carbocycles. The number of ether oxygens (including phenoxy) is 1. The zero-order valence-electron chi connectivity index (χ0n) is 12.8. The highest BCUT2D eigenvalue weighted by Gasteiger charge is 2.18.